The maximum absolute atomic E-state index is 11.7. The Labute approximate surface area is 90.3 Å². The fourth-order valence-electron chi connectivity index (χ4n) is 1.65. The van der Waals surface area contributed by atoms with Crippen LogP contribution in [0.4, 0.5) is 0 Å². The normalized spacial score (nSPS) is 19.7. The third kappa shape index (κ3) is 2.04. The predicted octanol–water partition coefficient (Wildman–Crippen LogP) is 1.07. The van der Waals surface area contributed by atoms with E-state index in [4.69, 9.17) is 0 Å². The number of carbonyl (C=O) groups excluding carboxylic acids is 2. The highest BCUT2D eigenvalue weighted by molar-refractivity contribution is 5.98. The summed E-state index contributed by atoms with van der Waals surface area (Å²) in [4.78, 5) is 24.6. The Morgan fingerprint density at radius 1 is 1.07 bits per heavy atom. The Kier molecular flexibility index (Phi) is 2.92. The number of piperidine rings is 1. The summed E-state index contributed by atoms with van der Waals surface area (Å²) in [5, 5.41) is 9.99. The van der Waals surface area contributed by atoms with Crippen LogP contribution in [-0.2, 0) is 9.59 Å². The Balaban J connectivity index is 3.03. The number of amides is 2. The number of likely N-dealkylation sites (tertiary alicyclic amines) is 1. The molecule has 0 atom stereocenters. The zero-order chi connectivity index (χ0) is 11.9. The first-order valence-electron chi connectivity index (χ1n) is 5.26. The summed E-state index contributed by atoms with van der Waals surface area (Å²) < 4.78 is 0. The molecule has 15 heavy (non-hydrogen) atoms. The molecular weight excluding hydrogens is 194 g/mol. The number of hydrogen-bond acceptors (Lipinski definition) is 3. The molecule has 0 aliphatic carbocycles. The van der Waals surface area contributed by atoms with Crippen LogP contribution in [0.15, 0.2) is 0 Å². The van der Waals surface area contributed by atoms with E-state index in [-0.39, 0.29) is 11.8 Å². The van der Waals surface area contributed by atoms with Gasteiger partial charge in [0.1, 0.15) is 0 Å². The molecule has 1 rings (SSSR count). The van der Waals surface area contributed by atoms with Crippen LogP contribution in [0, 0.1) is 0 Å². The van der Waals surface area contributed by atoms with E-state index >= 15 is 0 Å². The minimum atomic E-state index is -1.10. The van der Waals surface area contributed by atoms with Gasteiger partial charge in [0.15, 0.2) is 0 Å². The molecule has 4 heteroatoms. The molecule has 1 aliphatic heterocycles. The Morgan fingerprint density at radius 2 is 1.47 bits per heavy atom. The lowest BCUT2D eigenvalue weighted by Crippen LogP contribution is -2.62. The van der Waals surface area contributed by atoms with Gasteiger partial charge in [0.25, 0.3) is 0 Å². The summed E-state index contributed by atoms with van der Waals surface area (Å²) >= 11 is 0. The first kappa shape index (κ1) is 12.2. The lowest BCUT2D eigenvalue weighted by Gasteiger charge is -2.46. The second-order valence-electron chi connectivity index (χ2n) is 5.09. The lowest BCUT2D eigenvalue weighted by molar-refractivity contribution is -0.165. The number of nitrogens with zero attached hydrogens (tertiary/aromatic N) is 1. The van der Waals surface area contributed by atoms with Gasteiger partial charge in [-0.25, -0.2) is 0 Å². The molecule has 86 valence electrons. The van der Waals surface area contributed by atoms with Crippen LogP contribution in [0.2, 0.25) is 0 Å². The second-order valence-corrected chi connectivity index (χ2v) is 5.09. The Morgan fingerprint density at radius 3 is 1.80 bits per heavy atom. The van der Waals surface area contributed by atoms with Gasteiger partial charge in [0, 0.05) is 12.8 Å². The van der Waals surface area contributed by atoms with Crippen molar-refractivity contribution in [3.05, 3.63) is 0 Å². The van der Waals surface area contributed by atoms with Crippen molar-refractivity contribution in [3.63, 3.8) is 0 Å². The van der Waals surface area contributed by atoms with E-state index in [2.05, 4.69) is 0 Å². The minimum Gasteiger partial charge on any atom is -0.388 e. The maximum atomic E-state index is 11.7. The average Bonchev–Trinajstić information content (AvgIpc) is 2.00. The molecule has 1 saturated heterocycles. The summed E-state index contributed by atoms with van der Waals surface area (Å²) in [6, 6.07) is 0. The zero-order valence-corrected chi connectivity index (χ0v) is 9.83. The topological polar surface area (TPSA) is 57.6 Å². The fourth-order valence-corrected chi connectivity index (χ4v) is 1.65. The molecule has 0 spiro atoms. The van der Waals surface area contributed by atoms with Gasteiger partial charge in [0.2, 0.25) is 11.8 Å². The van der Waals surface area contributed by atoms with Gasteiger partial charge in [0.05, 0.1) is 11.1 Å². The first-order chi connectivity index (χ1) is 6.68. The molecule has 1 heterocycles. The van der Waals surface area contributed by atoms with E-state index in [9.17, 15) is 14.7 Å². The van der Waals surface area contributed by atoms with Gasteiger partial charge < -0.3 is 5.11 Å². The third-order valence-electron chi connectivity index (χ3n) is 3.34. The van der Waals surface area contributed by atoms with Crippen LogP contribution < -0.4 is 0 Å². The molecule has 0 saturated carbocycles. The van der Waals surface area contributed by atoms with E-state index in [1.54, 1.807) is 27.7 Å². The number of imide groups is 1. The molecule has 0 bridgehead atoms. The van der Waals surface area contributed by atoms with Crippen molar-refractivity contribution in [2.75, 3.05) is 0 Å². The smallest absolute Gasteiger partial charge is 0.229 e. The molecule has 4 nitrogen and oxygen atoms in total. The molecular formula is C11H19NO3. The first-order valence-corrected chi connectivity index (χ1v) is 5.26. The molecule has 0 aromatic carbocycles. The summed E-state index contributed by atoms with van der Waals surface area (Å²) in [5.41, 5.74) is -1.96. The summed E-state index contributed by atoms with van der Waals surface area (Å²) in [6.07, 6.45) is 1.41. The van der Waals surface area contributed by atoms with Crippen LogP contribution in [0.3, 0.4) is 0 Å². The van der Waals surface area contributed by atoms with Gasteiger partial charge >= 0.3 is 0 Å². The molecule has 0 aromatic heterocycles. The van der Waals surface area contributed by atoms with Crippen LogP contribution in [0.1, 0.15) is 47.0 Å². The lowest BCUT2D eigenvalue weighted by atomic mass is 9.82. The van der Waals surface area contributed by atoms with Gasteiger partial charge in [-0.05, 0) is 34.1 Å². The predicted molar refractivity (Wildman–Crippen MR) is 56.1 cm³/mol. The molecule has 1 aliphatic rings. The van der Waals surface area contributed by atoms with Crippen molar-refractivity contribution in [3.8, 4) is 0 Å². The third-order valence-corrected chi connectivity index (χ3v) is 3.34. The van der Waals surface area contributed by atoms with Crippen LogP contribution in [0.25, 0.3) is 0 Å². The molecule has 0 radical (unpaired) electrons. The highest BCUT2D eigenvalue weighted by Crippen LogP contribution is 2.31. The Bertz CT molecular complexity index is 273. The molecule has 1 fully saturated rings. The van der Waals surface area contributed by atoms with Crippen molar-refractivity contribution in [2.24, 2.45) is 0 Å². The molecule has 2 amide bonds. The second kappa shape index (κ2) is 3.59. The van der Waals surface area contributed by atoms with Crippen molar-refractivity contribution in [1.29, 1.82) is 0 Å². The SMILES string of the molecule is CC(C)(O)C(C)(C)N1C(=O)CCCC1=O. The molecule has 0 aromatic rings. The van der Waals surface area contributed by atoms with Gasteiger partial charge in [-0.2, -0.15) is 0 Å². The monoisotopic (exact) mass is 213 g/mol. The summed E-state index contributed by atoms with van der Waals surface area (Å²) in [6.45, 7) is 6.66. The van der Waals surface area contributed by atoms with Gasteiger partial charge in [-0.3, -0.25) is 14.5 Å². The number of carbonyl (C=O) groups is 2. The Hall–Kier alpha value is -0.900. The molecule has 1 N–H and O–H groups in total. The van der Waals surface area contributed by atoms with E-state index in [0.29, 0.717) is 19.3 Å². The van der Waals surface area contributed by atoms with E-state index in [1.165, 1.54) is 4.90 Å². The van der Waals surface area contributed by atoms with Crippen molar-refractivity contribution >= 4 is 11.8 Å². The fraction of sp³-hybridized carbons (Fsp3) is 0.818. The van der Waals surface area contributed by atoms with E-state index < -0.39 is 11.1 Å². The van der Waals surface area contributed by atoms with Gasteiger partial charge in [-0.15, -0.1) is 0 Å². The standard InChI is InChI=1S/C11H19NO3/c1-10(2,11(3,4)15)12-8(13)6-5-7-9(12)14/h15H,5-7H2,1-4H3. The highest BCUT2D eigenvalue weighted by atomic mass is 16.3. The average molecular weight is 213 g/mol. The van der Waals surface area contributed by atoms with Crippen molar-refractivity contribution < 1.29 is 14.7 Å². The van der Waals surface area contributed by atoms with E-state index in [1.807, 2.05) is 0 Å². The maximum Gasteiger partial charge on any atom is 0.229 e. The van der Waals surface area contributed by atoms with Crippen LogP contribution in [0.5, 0.6) is 0 Å². The largest absolute Gasteiger partial charge is 0.388 e. The zero-order valence-electron chi connectivity index (χ0n) is 9.83. The van der Waals surface area contributed by atoms with Crippen LogP contribution >= 0.6 is 0 Å². The number of aliphatic hydroxyl groups is 1. The summed E-state index contributed by atoms with van der Waals surface area (Å²) in [7, 11) is 0. The highest BCUT2D eigenvalue weighted by Gasteiger charge is 2.46. The quantitative estimate of drug-likeness (QED) is 0.698. The van der Waals surface area contributed by atoms with Crippen molar-refractivity contribution in [2.45, 2.75) is 58.1 Å². The molecule has 0 unspecified atom stereocenters. The van der Waals surface area contributed by atoms with E-state index in [0.717, 1.165) is 0 Å². The minimum absolute atomic E-state index is 0.182. The van der Waals surface area contributed by atoms with Crippen molar-refractivity contribution in [1.82, 2.24) is 4.90 Å². The number of hydrogen-bond donors (Lipinski definition) is 1. The number of rotatable bonds is 2. The summed E-state index contributed by atoms with van der Waals surface area (Å²) in [5.74, 6) is -0.364. The van der Waals surface area contributed by atoms with Crippen LogP contribution in [-0.4, -0.2) is 33.0 Å². The van der Waals surface area contributed by atoms with Gasteiger partial charge in [-0.1, -0.05) is 0 Å².